The SMILES string of the molecule is O=C(NOc1c(C(F)(F)F)ncc([N+](=O)[O-])c1-c1cc(Cl)c(Cl)c(Cl)c1)c1ccccc1. The van der Waals surface area contributed by atoms with Crippen molar-refractivity contribution in [1.82, 2.24) is 10.5 Å². The summed E-state index contributed by atoms with van der Waals surface area (Å²) in [6.45, 7) is 0. The minimum atomic E-state index is -5.09. The van der Waals surface area contributed by atoms with Crippen molar-refractivity contribution < 1.29 is 27.7 Å². The van der Waals surface area contributed by atoms with E-state index in [0.29, 0.717) is 6.20 Å². The molecule has 1 aromatic heterocycles. The van der Waals surface area contributed by atoms with E-state index in [1.165, 1.54) is 24.3 Å². The molecule has 0 unspecified atom stereocenters. The van der Waals surface area contributed by atoms with Crippen LogP contribution in [0.5, 0.6) is 5.75 Å². The second-order valence-electron chi connectivity index (χ2n) is 6.10. The number of alkyl halides is 3. The number of nitro groups is 1. The van der Waals surface area contributed by atoms with Gasteiger partial charge in [0.05, 0.1) is 20.0 Å². The fourth-order valence-corrected chi connectivity index (χ4v) is 3.24. The summed E-state index contributed by atoms with van der Waals surface area (Å²) in [7, 11) is 0. The van der Waals surface area contributed by atoms with E-state index in [-0.39, 0.29) is 26.2 Å². The topological polar surface area (TPSA) is 94.4 Å². The van der Waals surface area contributed by atoms with Gasteiger partial charge in [-0.25, -0.2) is 4.98 Å². The molecule has 0 saturated heterocycles. The fourth-order valence-electron chi connectivity index (χ4n) is 2.65. The first kappa shape index (κ1) is 23.6. The first-order valence-electron chi connectivity index (χ1n) is 8.42. The number of nitrogens with one attached hydrogen (secondary N) is 1. The normalized spacial score (nSPS) is 11.2. The number of hydrogen-bond acceptors (Lipinski definition) is 5. The van der Waals surface area contributed by atoms with E-state index in [1.807, 2.05) is 5.48 Å². The number of pyridine rings is 1. The van der Waals surface area contributed by atoms with E-state index in [2.05, 4.69) is 4.98 Å². The number of hydroxylamine groups is 1. The van der Waals surface area contributed by atoms with Crippen LogP contribution in [-0.4, -0.2) is 15.8 Å². The van der Waals surface area contributed by atoms with Gasteiger partial charge in [0.2, 0.25) is 5.75 Å². The number of benzene rings is 2. The summed E-state index contributed by atoms with van der Waals surface area (Å²) in [5, 5.41) is 11.1. The van der Waals surface area contributed by atoms with Crippen LogP contribution >= 0.6 is 34.8 Å². The molecule has 0 atom stereocenters. The molecule has 0 saturated carbocycles. The summed E-state index contributed by atoms with van der Waals surface area (Å²) in [6, 6.07) is 9.58. The zero-order chi connectivity index (χ0) is 23.6. The van der Waals surface area contributed by atoms with Crippen molar-refractivity contribution in [3.8, 4) is 16.9 Å². The molecule has 7 nitrogen and oxygen atoms in total. The Morgan fingerprint density at radius 3 is 2.22 bits per heavy atom. The van der Waals surface area contributed by atoms with Crippen molar-refractivity contribution in [2.24, 2.45) is 0 Å². The summed E-state index contributed by atoms with van der Waals surface area (Å²) in [4.78, 5) is 30.9. The Balaban J connectivity index is 2.21. The van der Waals surface area contributed by atoms with Gasteiger partial charge in [0.25, 0.3) is 11.6 Å². The second kappa shape index (κ2) is 9.19. The van der Waals surface area contributed by atoms with Gasteiger partial charge in [-0.05, 0) is 29.8 Å². The molecule has 3 rings (SSSR count). The minimum Gasteiger partial charge on any atom is -0.376 e. The summed E-state index contributed by atoms with van der Waals surface area (Å²) >= 11 is 17.8. The van der Waals surface area contributed by atoms with Gasteiger partial charge >= 0.3 is 6.18 Å². The first-order chi connectivity index (χ1) is 15.0. The maximum atomic E-state index is 13.6. The van der Waals surface area contributed by atoms with Crippen molar-refractivity contribution in [2.45, 2.75) is 6.18 Å². The molecule has 166 valence electrons. The Morgan fingerprint density at radius 2 is 1.69 bits per heavy atom. The number of nitrogens with zero attached hydrogens (tertiary/aromatic N) is 2. The predicted octanol–water partition coefficient (Wildman–Crippen LogP) is 6.36. The smallest absolute Gasteiger partial charge is 0.376 e. The zero-order valence-corrected chi connectivity index (χ0v) is 17.7. The highest BCUT2D eigenvalue weighted by molar-refractivity contribution is 6.48. The highest BCUT2D eigenvalue weighted by atomic mass is 35.5. The number of amides is 1. The summed E-state index contributed by atoms with van der Waals surface area (Å²) in [6.07, 6.45) is -4.67. The van der Waals surface area contributed by atoms with Crippen molar-refractivity contribution in [3.63, 3.8) is 0 Å². The van der Waals surface area contributed by atoms with E-state index in [9.17, 15) is 28.1 Å². The number of hydrogen-bond donors (Lipinski definition) is 1. The van der Waals surface area contributed by atoms with Crippen LogP contribution in [0.2, 0.25) is 15.1 Å². The minimum absolute atomic E-state index is 0.0681. The molecule has 0 spiro atoms. The Bertz CT molecular complexity index is 1180. The highest BCUT2D eigenvalue weighted by Gasteiger charge is 2.41. The fraction of sp³-hybridized carbons (Fsp3) is 0.0526. The summed E-state index contributed by atoms with van der Waals surface area (Å²) in [5.41, 5.74) is -1.42. The summed E-state index contributed by atoms with van der Waals surface area (Å²) < 4.78 is 40.9. The molecule has 0 bridgehead atoms. The van der Waals surface area contributed by atoms with Crippen molar-refractivity contribution in [1.29, 1.82) is 0 Å². The molecule has 0 aliphatic heterocycles. The van der Waals surface area contributed by atoms with Gasteiger partial charge in [0.1, 0.15) is 11.8 Å². The van der Waals surface area contributed by atoms with Crippen LogP contribution in [0.15, 0.2) is 48.7 Å². The van der Waals surface area contributed by atoms with Crippen LogP contribution in [0, 0.1) is 10.1 Å². The lowest BCUT2D eigenvalue weighted by Crippen LogP contribution is -2.29. The molecule has 32 heavy (non-hydrogen) atoms. The molecule has 3 aromatic rings. The van der Waals surface area contributed by atoms with Gasteiger partial charge in [-0.2, -0.15) is 18.7 Å². The van der Waals surface area contributed by atoms with Crippen molar-refractivity contribution in [3.05, 3.63) is 85.1 Å². The average molecular weight is 507 g/mol. The molecule has 0 aliphatic carbocycles. The lowest BCUT2D eigenvalue weighted by Gasteiger charge is -2.17. The maximum Gasteiger partial charge on any atom is 0.437 e. The molecule has 0 fully saturated rings. The Morgan fingerprint density at radius 1 is 1.09 bits per heavy atom. The number of rotatable bonds is 5. The van der Waals surface area contributed by atoms with Gasteiger partial charge in [0.15, 0.2) is 5.69 Å². The molecule has 0 radical (unpaired) electrons. The van der Waals surface area contributed by atoms with Crippen LogP contribution in [-0.2, 0) is 6.18 Å². The predicted molar refractivity (Wildman–Crippen MR) is 111 cm³/mol. The molecule has 2 aromatic carbocycles. The van der Waals surface area contributed by atoms with Gasteiger partial charge < -0.3 is 4.84 Å². The number of halogens is 6. The standard InChI is InChI=1S/C19H9Cl3F3N3O4/c20-11-6-10(7-12(21)15(11)22)14-13(28(30)31)8-26-17(19(23,24)25)16(14)32-27-18(29)9-4-2-1-3-5-9/h1-8H,(H,27,29). The van der Waals surface area contributed by atoms with E-state index >= 15 is 0 Å². The Hall–Kier alpha value is -3.08. The molecule has 0 aliphatic rings. The van der Waals surface area contributed by atoms with Gasteiger partial charge in [-0.15, -0.1) is 0 Å². The van der Waals surface area contributed by atoms with Gasteiger partial charge in [0, 0.05) is 5.56 Å². The van der Waals surface area contributed by atoms with Crippen LogP contribution < -0.4 is 10.3 Å². The quantitative estimate of drug-likeness (QED) is 0.247. The third kappa shape index (κ3) is 4.87. The van der Waals surface area contributed by atoms with Crippen LogP contribution in [0.4, 0.5) is 18.9 Å². The van der Waals surface area contributed by atoms with Crippen LogP contribution in [0.1, 0.15) is 16.1 Å². The highest BCUT2D eigenvalue weighted by Crippen LogP contribution is 2.47. The van der Waals surface area contributed by atoms with E-state index in [0.717, 1.165) is 12.1 Å². The van der Waals surface area contributed by atoms with E-state index < -0.39 is 39.7 Å². The Kier molecular flexibility index (Phi) is 6.77. The molecule has 13 heteroatoms. The largest absolute Gasteiger partial charge is 0.437 e. The molecule has 1 heterocycles. The monoisotopic (exact) mass is 505 g/mol. The van der Waals surface area contributed by atoms with Gasteiger partial charge in [-0.1, -0.05) is 53.0 Å². The number of aromatic nitrogens is 1. The van der Waals surface area contributed by atoms with Crippen molar-refractivity contribution >= 4 is 46.4 Å². The van der Waals surface area contributed by atoms with Crippen molar-refractivity contribution in [2.75, 3.05) is 0 Å². The lowest BCUT2D eigenvalue weighted by molar-refractivity contribution is -0.384. The Labute approximate surface area is 192 Å². The third-order valence-electron chi connectivity index (χ3n) is 4.03. The number of carbonyl (C=O) groups excluding carboxylic acids is 1. The molecule has 1 N–H and O–H groups in total. The maximum absolute atomic E-state index is 13.6. The van der Waals surface area contributed by atoms with E-state index in [1.54, 1.807) is 6.07 Å². The van der Waals surface area contributed by atoms with Crippen LogP contribution in [0.3, 0.4) is 0 Å². The van der Waals surface area contributed by atoms with Crippen LogP contribution in [0.25, 0.3) is 11.1 Å². The van der Waals surface area contributed by atoms with E-state index in [4.69, 9.17) is 39.6 Å². The second-order valence-corrected chi connectivity index (χ2v) is 7.30. The van der Waals surface area contributed by atoms with Gasteiger partial charge in [-0.3, -0.25) is 14.9 Å². The molecular formula is C19H9Cl3F3N3O4. The zero-order valence-electron chi connectivity index (χ0n) is 15.4. The molecule has 1 amide bonds. The lowest BCUT2D eigenvalue weighted by atomic mass is 10.0. The third-order valence-corrected chi connectivity index (χ3v) is 5.23. The average Bonchev–Trinajstić information content (AvgIpc) is 2.74. The first-order valence-corrected chi connectivity index (χ1v) is 9.55. The summed E-state index contributed by atoms with van der Waals surface area (Å²) in [5.74, 6) is -2.02. The number of carbonyl (C=O) groups is 1. The molecular weight excluding hydrogens is 498 g/mol.